The second-order valence-corrected chi connectivity index (χ2v) is 10.6. The number of primary amides is 1. The summed E-state index contributed by atoms with van der Waals surface area (Å²) >= 11 is 6.51. The molecule has 2 aromatic heterocycles. The number of nitrogens with two attached hydrogens (primary N) is 1. The molecule has 0 unspecified atom stereocenters. The van der Waals surface area contributed by atoms with Crippen molar-refractivity contribution in [1.29, 1.82) is 0 Å². The number of benzene rings is 3. The largest absolute Gasteiger partial charge is 0.496 e. The molecule has 5 aromatic rings. The molecule has 11 heteroatoms. The van der Waals surface area contributed by atoms with Crippen molar-refractivity contribution in [2.24, 2.45) is 5.73 Å². The van der Waals surface area contributed by atoms with Crippen LogP contribution < -0.4 is 25.8 Å². The van der Waals surface area contributed by atoms with Crippen molar-refractivity contribution in [3.05, 3.63) is 95.2 Å². The Bertz CT molecular complexity index is 1750. The van der Waals surface area contributed by atoms with E-state index < -0.39 is 0 Å². The van der Waals surface area contributed by atoms with E-state index in [1.165, 1.54) is 18.5 Å². The molecule has 0 fully saturated rings. The van der Waals surface area contributed by atoms with Crippen LogP contribution in [0.15, 0.2) is 77.5 Å². The highest BCUT2D eigenvalue weighted by atomic mass is 35.5. The summed E-state index contributed by atoms with van der Waals surface area (Å²) in [5.74, 6) is 2.54. The molecule has 0 aliphatic rings. The summed E-state index contributed by atoms with van der Waals surface area (Å²) < 4.78 is 31.1. The van der Waals surface area contributed by atoms with Gasteiger partial charge >= 0.3 is 0 Å². The quantitative estimate of drug-likeness (QED) is 0.106. The highest BCUT2D eigenvalue weighted by Gasteiger charge is 2.16. The smallest absolute Gasteiger partial charge is 0.217 e. The van der Waals surface area contributed by atoms with Gasteiger partial charge in [-0.3, -0.25) is 4.79 Å². The van der Waals surface area contributed by atoms with Gasteiger partial charge in [0.1, 0.15) is 47.6 Å². The molecule has 0 saturated heterocycles. The monoisotopic (exact) mass is 617 g/mol. The van der Waals surface area contributed by atoms with Crippen LogP contribution in [0.3, 0.4) is 0 Å². The Balaban J connectivity index is 1.28. The fourth-order valence-electron chi connectivity index (χ4n) is 4.72. The summed E-state index contributed by atoms with van der Waals surface area (Å²) in [6.45, 7) is 1.57. The predicted octanol–water partition coefficient (Wildman–Crippen LogP) is 7.15. The number of hydrogen-bond acceptors (Lipinski definition) is 8. The Morgan fingerprint density at radius 3 is 2.70 bits per heavy atom. The molecule has 44 heavy (non-hydrogen) atoms. The Kier molecular flexibility index (Phi) is 10.3. The minimum atomic E-state index is -0.319. The fourth-order valence-corrected chi connectivity index (χ4v) is 4.96. The van der Waals surface area contributed by atoms with Gasteiger partial charge in [-0.2, -0.15) is 0 Å². The summed E-state index contributed by atoms with van der Waals surface area (Å²) in [5.41, 5.74) is 8.04. The number of hydrogen-bond donors (Lipinski definition) is 3. The Morgan fingerprint density at radius 2 is 1.91 bits per heavy atom. The third-order valence-electron chi connectivity index (χ3n) is 6.94. The number of unbranched alkanes of at least 4 members (excludes halogenated alkanes) is 2. The first-order valence-electron chi connectivity index (χ1n) is 14.2. The van der Waals surface area contributed by atoms with Gasteiger partial charge in [0, 0.05) is 23.6 Å². The minimum absolute atomic E-state index is 0.189. The third kappa shape index (κ3) is 8.03. The van der Waals surface area contributed by atoms with Crippen LogP contribution in [0.25, 0.3) is 22.2 Å². The second kappa shape index (κ2) is 14.7. The standard InChI is InChI=1S/C33H33ClFN5O4/c1-42-31-17-28-25(16-26(31)29-12-10-24(44-29)18-37-13-4-2-3-8-32(36)41)33(39-20-38-28)40-23-9-11-30(27(34)15-23)43-19-21-6-5-7-22(35)14-21/h5-7,9-12,14-17,20,37H,2-4,8,13,18-19H2,1H3,(H2,36,41)(H,38,39,40). The second-order valence-electron chi connectivity index (χ2n) is 10.2. The molecule has 5 rings (SSSR count). The zero-order chi connectivity index (χ0) is 30.9. The lowest BCUT2D eigenvalue weighted by atomic mass is 10.1. The SMILES string of the molecule is COc1cc2ncnc(Nc3ccc(OCc4cccc(F)c4)c(Cl)c3)c2cc1-c1ccc(CNCCCCCC(N)=O)o1. The average Bonchev–Trinajstić information content (AvgIpc) is 3.48. The van der Waals surface area contributed by atoms with Gasteiger partial charge in [0.25, 0.3) is 0 Å². The molecule has 2 heterocycles. The maximum atomic E-state index is 13.5. The topological polar surface area (TPSA) is 125 Å². The van der Waals surface area contributed by atoms with Crippen molar-refractivity contribution in [3.8, 4) is 22.8 Å². The summed E-state index contributed by atoms with van der Waals surface area (Å²) in [6, 6.07) is 19.2. The number of anilines is 2. The van der Waals surface area contributed by atoms with E-state index in [1.807, 2.05) is 30.3 Å². The van der Waals surface area contributed by atoms with Crippen molar-refractivity contribution in [3.63, 3.8) is 0 Å². The van der Waals surface area contributed by atoms with Gasteiger partial charge in [-0.05, 0) is 73.5 Å². The molecule has 0 aliphatic carbocycles. The molecule has 0 saturated carbocycles. The first-order valence-corrected chi connectivity index (χ1v) is 14.6. The summed E-state index contributed by atoms with van der Waals surface area (Å²) in [6.07, 6.45) is 4.59. The molecule has 9 nitrogen and oxygen atoms in total. The first kappa shape index (κ1) is 30.8. The summed E-state index contributed by atoms with van der Waals surface area (Å²) in [7, 11) is 1.61. The van der Waals surface area contributed by atoms with E-state index in [-0.39, 0.29) is 18.3 Å². The Hall–Kier alpha value is -4.67. The van der Waals surface area contributed by atoms with Crippen molar-refractivity contribution < 1.29 is 23.1 Å². The van der Waals surface area contributed by atoms with Gasteiger partial charge < -0.3 is 30.3 Å². The van der Waals surface area contributed by atoms with Gasteiger partial charge in [-0.15, -0.1) is 0 Å². The molecule has 0 radical (unpaired) electrons. The van der Waals surface area contributed by atoms with Crippen molar-refractivity contribution in [2.45, 2.75) is 38.8 Å². The highest BCUT2D eigenvalue weighted by Crippen LogP contribution is 2.37. The number of furan rings is 1. The molecule has 1 amide bonds. The van der Waals surface area contributed by atoms with Gasteiger partial charge in [-0.1, -0.05) is 30.2 Å². The molecule has 3 aromatic carbocycles. The Labute approximate surface area is 259 Å². The lowest BCUT2D eigenvalue weighted by molar-refractivity contribution is -0.118. The summed E-state index contributed by atoms with van der Waals surface area (Å²) in [4.78, 5) is 19.8. The number of fused-ring (bicyclic) bond motifs is 1. The molecular weight excluding hydrogens is 585 g/mol. The number of amides is 1. The van der Waals surface area contributed by atoms with E-state index in [2.05, 4.69) is 20.6 Å². The lowest BCUT2D eigenvalue weighted by Crippen LogP contribution is -2.14. The zero-order valence-electron chi connectivity index (χ0n) is 24.2. The number of rotatable bonds is 15. The van der Waals surface area contributed by atoms with Crippen LogP contribution in [0.1, 0.15) is 37.0 Å². The van der Waals surface area contributed by atoms with Crippen molar-refractivity contribution in [2.75, 3.05) is 19.0 Å². The number of methoxy groups -OCH3 is 1. The molecule has 0 atom stereocenters. The lowest BCUT2D eigenvalue weighted by Gasteiger charge is -2.13. The number of ether oxygens (including phenoxy) is 2. The number of nitrogens with zero attached hydrogens (tertiary/aromatic N) is 2. The van der Waals surface area contributed by atoms with Crippen LogP contribution >= 0.6 is 11.6 Å². The van der Waals surface area contributed by atoms with Crippen LogP contribution in [0.2, 0.25) is 5.02 Å². The highest BCUT2D eigenvalue weighted by molar-refractivity contribution is 6.32. The zero-order valence-corrected chi connectivity index (χ0v) is 25.0. The molecular formula is C33H33ClFN5O4. The van der Waals surface area contributed by atoms with E-state index in [1.54, 1.807) is 31.4 Å². The predicted molar refractivity (Wildman–Crippen MR) is 169 cm³/mol. The number of halogens is 2. The van der Waals surface area contributed by atoms with Crippen LogP contribution in [0, 0.1) is 5.82 Å². The molecule has 228 valence electrons. The van der Waals surface area contributed by atoms with Gasteiger partial charge in [-0.25, -0.2) is 14.4 Å². The van der Waals surface area contributed by atoms with Gasteiger partial charge in [0.15, 0.2) is 0 Å². The number of nitrogens with one attached hydrogen (secondary N) is 2. The van der Waals surface area contributed by atoms with E-state index in [9.17, 15) is 9.18 Å². The van der Waals surface area contributed by atoms with Crippen LogP contribution in [0.5, 0.6) is 11.5 Å². The third-order valence-corrected chi connectivity index (χ3v) is 7.23. The van der Waals surface area contributed by atoms with Crippen molar-refractivity contribution in [1.82, 2.24) is 15.3 Å². The molecule has 4 N–H and O–H groups in total. The van der Waals surface area contributed by atoms with Crippen LogP contribution in [-0.4, -0.2) is 29.5 Å². The maximum Gasteiger partial charge on any atom is 0.217 e. The van der Waals surface area contributed by atoms with Crippen LogP contribution in [0.4, 0.5) is 15.9 Å². The van der Waals surface area contributed by atoms with Gasteiger partial charge in [0.05, 0.1) is 29.8 Å². The molecule has 0 spiro atoms. The van der Waals surface area contributed by atoms with Crippen molar-refractivity contribution >= 4 is 39.9 Å². The fraction of sp³-hybridized carbons (Fsp3) is 0.242. The average molecular weight is 618 g/mol. The molecule has 0 aliphatic heterocycles. The maximum absolute atomic E-state index is 13.5. The van der Waals surface area contributed by atoms with E-state index in [0.717, 1.165) is 42.5 Å². The Morgan fingerprint density at radius 1 is 1.02 bits per heavy atom. The van der Waals surface area contributed by atoms with Gasteiger partial charge in [0.2, 0.25) is 5.91 Å². The molecule has 0 bridgehead atoms. The minimum Gasteiger partial charge on any atom is -0.496 e. The van der Waals surface area contributed by atoms with Crippen LogP contribution in [-0.2, 0) is 17.9 Å². The van der Waals surface area contributed by atoms with E-state index in [4.69, 9.17) is 31.2 Å². The summed E-state index contributed by atoms with van der Waals surface area (Å²) in [5, 5.41) is 7.85. The van der Waals surface area contributed by atoms with E-state index in [0.29, 0.717) is 57.8 Å². The number of carbonyl (C=O) groups is 1. The van der Waals surface area contributed by atoms with E-state index >= 15 is 0 Å². The number of carbonyl (C=O) groups excluding carboxylic acids is 1. The number of aromatic nitrogens is 2. The first-order chi connectivity index (χ1) is 21.4. The normalized spacial score (nSPS) is 11.1.